The van der Waals surface area contributed by atoms with Crippen molar-refractivity contribution in [2.24, 2.45) is 4.99 Å². The molecular weight excluding hydrogens is 390 g/mol. The van der Waals surface area contributed by atoms with Crippen LogP contribution in [0.4, 0.5) is 0 Å². The van der Waals surface area contributed by atoms with E-state index in [9.17, 15) is 0 Å². The SMILES string of the molecule is CN=C(NCc1ncc(C)c(OC)c1C)NCC(c1ccccc1OC)N1CCCC1. The number of hydrogen-bond acceptors (Lipinski definition) is 5. The first-order valence-electron chi connectivity index (χ1n) is 10.9. The highest BCUT2D eigenvalue weighted by atomic mass is 16.5. The maximum Gasteiger partial charge on any atom is 0.191 e. The van der Waals surface area contributed by atoms with Crippen LogP contribution in [0.15, 0.2) is 35.5 Å². The first kappa shape index (κ1) is 22.9. The maximum absolute atomic E-state index is 5.65. The minimum atomic E-state index is 0.219. The maximum atomic E-state index is 5.65. The Hall–Kier alpha value is -2.80. The van der Waals surface area contributed by atoms with E-state index in [1.165, 1.54) is 18.4 Å². The van der Waals surface area contributed by atoms with E-state index < -0.39 is 0 Å². The number of nitrogens with zero attached hydrogens (tertiary/aromatic N) is 3. The Bertz CT molecular complexity index is 894. The summed E-state index contributed by atoms with van der Waals surface area (Å²) < 4.78 is 11.2. The van der Waals surface area contributed by atoms with Gasteiger partial charge in [-0.3, -0.25) is 14.9 Å². The van der Waals surface area contributed by atoms with Gasteiger partial charge in [-0.1, -0.05) is 18.2 Å². The molecule has 3 rings (SSSR count). The van der Waals surface area contributed by atoms with Gasteiger partial charge in [0.05, 0.1) is 32.5 Å². The predicted octanol–water partition coefficient (Wildman–Crippen LogP) is 3.22. The third-order valence-electron chi connectivity index (χ3n) is 5.94. The van der Waals surface area contributed by atoms with Crippen LogP contribution in [0.5, 0.6) is 11.5 Å². The van der Waals surface area contributed by atoms with E-state index in [-0.39, 0.29) is 6.04 Å². The van der Waals surface area contributed by atoms with Gasteiger partial charge in [-0.15, -0.1) is 0 Å². The van der Waals surface area contributed by atoms with E-state index in [1.807, 2.05) is 32.2 Å². The molecule has 0 aliphatic carbocycles. The van der Waals surface area contributed by atoms with Crippen LogP contribution in [-0.4, -0.2) is 56.7 Å². The van der Waals surface area contributed by atoms with Gasteiger partial charge in [-0.2, -0.15) is 0 Å². The van der Waals surface area contributed by atoms with Crippen molar-refractivity contribution in [3.05, 3.63) is 52.8 Å². The molecule has 2 N–H and O–H groups in total. The van der Waals surface area contributed by atoms with Gasteiger partial charge < -0.3 is 20.1 Å². The Kier molecular flexibility index (Phi) is 8.12. The van der Waals surface area contributed by atoms with Crippen LogP contribution in [0.1, 0.15) is 41.3 Å². The summed E-state index contributed by atoms with van der Waals surface area (Å²) in [4.78, 5) is 11.5. The van der Waals surface area contributed by atoms with E-state index in [0.29, 0.717) is 6.54 Å². The average molecular weight is 426 g/mol. The first-order chi connectivity index (χ1) is 15.1. The number of likely N-dealkylation sites (tertiary alicyclic amines) is 1. The lowest BCUT2D eigenvalue weighted by Crippen LogP contribution is -2.42. The fourth-order valence-electron chi connectivity index (χ4n) is 4.26. The minimum Gasteiger partial charge on any atom is -0.496 e. The number of aromatic nitrogens is 1. The van der Waals surface area contributed by atoms with Gasteiger partial charge >= 0.3 is 0 Å². The predicted molar refractivity (Wildman–Crippen MR) is 125 cm³/mol. The molecule has 168 valence electrons. The quantitative estimate of drug-likeness (QED) is 0.500. The Morgan fingerprint density at radius 2 is 1.87 bits per heavy atom. The number of ether oxygens (including phenoxy) is 2. The summed E-state index contributed by atoms with van der Waals surface area (Å²) in [6, 6.07) is 8.50. The van der Waals surface area contributed by atoms with Crippen molar-refractivity contribution in [3.63, 3.8) is 0 Å². The van der Waals surface area contributed by atoms with E-state index in [2.05, 4.69) is 37.6 Å². The van der Waals surface area contributed by atoms with Crippen molar-refractivity contribution in [2.75, 3.05) is 40.9 Å². The summed E-state index contributed by atoms with van der Waals surface area (Å²) in [5.74, 6) is 2.57. The Morgan fingerprint density at radius 3 is 2.55 bits per heavy atom. The Labute approximate surface area is 185 Å². The number of para-hydroxylation sites is 1. The van der Waals surface area contributed by atoms with Crippen LogP contribution < -0.4 is 20.1 Å². The molecule has 7 heteroatoms. The van der Waals surface area contributed by atoms with Crippen LogP contribution >= 0.6 is 0 Å². The number of methoxy groups -OCH3 is 2. The van der Waals surface area contributed by atoms with Crippen LogP contribution in [-0.2, 0) is 6.54 Å². The molecular formula is C24H35N5O2. The highest BCUT2D eigenvalue weighted by Crippen LogP contribution is 2.31. The number of nitrogens with one attached hydrogen (secondary N) is 2. The molecule has 0 radical (unpaired) electrons. The molecule has 0 spiro atoms. The van der Waals surface area contributed by atoms with Gasteiger partial charge in [0.2, 0.25) is 0 Å². The van der Waals surface area contributed by atoms with Gasteiger partial charge in [-0.05, 0) is 45.8 Å². The summed E-state index contributed by atoms with van der Waals surface area (Å²) in [5.41, 5.74) is 4.24. The Morgan fingerprint density at radius 1 is 1.13 bits per heavy atom. The fraction of sp³-hybridized carbons (Fsp3) is 0.500. The second-order valence-corrected chi connectivity index (χ2v) is 7.85. The second-order valence-electron chi connectivity index (χ2n) is 7.85. The average Bonchev–Trinajstić information content (AvgIpc) is 3.32. The highest BCUT2D eigenvalue weighted by molar-refractivity contribution is 5.79. The Balaban J connectivity index is 1.69. The molecule has 2 aromatic rings. The van der Waals surface area contributed by atoms with E-state index in [4.69, 9.17) is 9.47 Å². The number of benzene rings is 1. The highest BCUT2D eigenvalue weighted by Gasteiger charge is 2.26. The molecule has 7 nitrogen and oxygen atoms in total. The van der Waals surface area contributed by atoms with E-state index in [0.717, 1.165) is 53.9 Å². The minimum absolute atomic E-state index is 0.219. The smallest absolute Gasteiger partial charge is 0.191 e. The van der Waals surface area contributed by atoms with Crippen LogP contribution in [0.25, 0.3) is 0 Å². The van der Waals surface area contributed by atoms with Crippen LogP contribution in [0, 0.1) is 13.8 Å². The summed E-state index contributed by atoms with van der Waals surface area (Å²) in [7, 11) is 5.22. The third kappa shape index (κ3) is 5.47. The molecule has 1 saturated heterocycles. The standard InChI is InChI=1S/C24H35N5O2/c1-17-14-26-20(18(2)23(17)31-5)15-27-24(25-3)28-16-21(29-12-8-9-13-29)19-10-6-7-11-22(19)30-4/h6-7,10-11,14,21H,8-9,12-13,15-16H2,1-5H3,(H2,25,27,28). The van der Waals surface area contributed by atoms with Crippen LogP contribution in [0.3, 0.4) is 0 Å². The van der Waals surface area contributed by atoms with Crippen molar-refractivity contribution < 1.29 is 9.47 Å². The molecule has 1 unspecified atom stereocenters. The van der Waals surface area contributed by atoms with Crippen molar-refractivity contribution in [3.8, 4) is 11.5 Å². The monoisotopic (exact) mass is 425 g/mol. The molecule has 0 bridgehead atoms. The summed E-state index contributed by atoms with van der Waals surface area (Å²) in [5, 5.41) is 6.90. The lowest BCUT2D eigenvalue weighted by Gasteiger charge is -2.30. The lowest BCUT2D eigenvalue weighted by molar-refractivity contribution is 0.239. The molecule has 0 amide bonds. The van der Waals surface area contributed by atoms with Gasteiger partial charge in [-0.25, -0.2) is 0 Å². The van der Waals surface area contributed by atoms with Gasteiger partial charge in [0, 0.05) is 36.5 Å². The number of rotatable bonds is 8. The van der Waals surface area contributed by atoms with Crippen LogP contribution in [0.2, 0.25) is 0 Å². The molecule has 1 atom stereocenters. The molecule has 1 aromatic carbocycles. The molecule has 1 aliphatic heterocycles. The van der Waals surface area contributed by atoms with E-state index in [1.54, 1.807) is 21.3 Å². The summed E-state index contributed by atoms with van der Waals surface area (Å²) in [6.07, 6.45) is 4.32. The molecule has 1 aliphatic rings. The number of guanidine groups is 1. The largest absolute Gasteiger partial charge is 0.496 e. The normalized spacial score (nSPS) is 15.6. The van der Waals surface area contributed by atoms with E-state index >= 15 is 0 Å². The molecule has 0 saturated carbocycles. The topological polar surface area (TPSA) is 71.0 Å². The first-order valence-corrected chi connectivity index (χ1v) is 10.9. The number of hydrogen-bond donors (Lipinski definition) is 2. The molecule has 1 fully saturated rings. The van der Waals surface area contributed by atoms with Crippen molar-refractivity contribution in [2.45, 2.75) is 39.3 Å². The number of aliphatic imine (C=N–C) groups is 1. The summed E-state index contributed by atoms with van der Waals surface area (Å²) in [6.45, 7) is 7.56. The summed E-state index contributed by atoms with van der Waals surface area (Å²) >= 11 is 0. The lowest BCUT2D eigenvalue weighted by atomic mass is 10.0. The van der Waals surface area contributed by atoms with Crippen molar-refractivity contribution in [1.29, 1.82) is 0 Å². The molecule has 1 aromatic heterocycles. The zero-order chi connectivity index (χ0) is 22.2. The number of aryl methyl sites for hydroxylation is 1. The van der Waals surface area contributed by atoms with Gasteiger partial charge in [0.25, 0.3) is 0 Å². The second kappa shape index (κ2) is 11.0. The number of pyridine rings is 1. The molecule has 31 heavy (non-hydrogen) atoms. The fourth-order valence-corrected chi connectivity index (χ4v) is 4.26. The molecule has 2 heterocycles. The van der Waals surface area contributed by atoms with Gasteiger partial charge in [0.1, 0.15) is 11.5 Å². The zero-order valence-electron chi connectivity index (χ0n) is 19.4. The zero-order valence-corrected chi connectivity index (χ0v) is 19.4. The van der Waals surface area contributed by atoms with Gasteiger partial charge in [0.15, 0.2) is 5.96 Å². The third-order valence-corrected chi connectivity index (χ3v) is 5.94. The van der Waals surface area contributed by atoms with Crippen molar-refractivity contribution >= 4 is 5.96 Å². The van der Waals surface area contributed by atoms with Crippen molar-refractivity contribution in [1.82, 2.24) is 20.5 Å².